The highest BCUT2D eigenvalue weighted by atomic mass is 79.9. The van der Waals surface area contributed by atoms with Gasteiger partial charge in [0.25, 0.3) is 5.91 Å². The SMILES string of the molecule is CCOC(=O)C1CCCN(C(=O)CN(C)C(=O)c2cc3cccc(Br)c3o2)C1. The third-order valence-corrected chi connectivity index (χ3v) is 5.44. The van der Waals surface area contributed by atoms with Crippen molar-refractivity contribution in [2.45, 2.75) is 19.8 Å². The van der Waals surface area contributed by atoms with Crippen LogP contribution in [0.2, 0.25) is 0 Å². The van der Waals surface area contributed by atoms with Crippen LogP contribution >= 0.6 is 15.9 Å². The van der Waals surface area contributed by atoms with Gasteiger partial charge in [-0.25, -0.2) is 0 Å². The molecule has 2 heterocycles. The molecule has 0 N–H and O–H groups in total. The Morgan fingerprint density at radius 2 is 2.14 bits per heavy atom. The monoisotopic (exact) mass is 450 g/mol. The van der Waals surface area contributed by atoms with Gasteiger partial charge in [-0.2, -0.15) is 0 Å². The van der Waals surface area contributed by atoms with E-state index >= 15 is 0 Å². The van der Waals surface area contributed by atoms with Gasteiger partial charge in [-0.15, -0.1) is 0 Å². The van der Waals surface area contributed by atoms with Crippen LogP contribution in [0.4, 0.5) is 0 Å². The van der Waals surface area contributed by atoms with Gasteiger partial charge in [-0.05, 0) is 47.8 Å². The van der Waals surface area contributed by atoms with Crippen molar-refractivity contribution in [3.05, 3.63) is 34.5 Å². The number of carbonyl (C=O) groups excluding carboxylic acids is 3. The lowest BCUT2D eigenvalue weighted by Gasteiger charge is -2.32. The molecule has 0 aliphatic carbocycles. The number of rotatable bonds is 5. The van der Waals surface area contributed by atoms with E-state index in [2.05, 4.69) is 15.9 Å². The second-order valence-corrected chi connectivity index (χ2v) is 7.72. The number of piperidine rings is 1. The number of likely N-dealkylation sites (N-methyl/N-ethyl adjacent to an activating group) is 1. The first kappa shape index (κ1) is 20.4. The summed E-state index contributed by atoms with van der Waals surface area (Å²) < 4.78 is 11.5. The van der Waals surface area contributed by atoms with E-state index in [-0.39, 0.29) is 36.0 Å². The van der Waals surface area contributed by atoms with Gasteiger partial charge in [-0.1, -0.05) is 12.1 Å². The number of ether oxygens (including phenoxy) is 1. The Morgan fingerprint density at radius 3 is 2.86 bits per heavy atom. The fourth-order valence-electron chi connectivity index (χ4n) is 3.35. The quantitative estimate of drug-likeness (QED) is 0.653. The number of furan rings is 1. The first-order chi connectivity index (χ1) is 13.4. The highest BCUT2D eigenvalue weighted by Crippen LogP contribution is 2.27. The van der Waals surface area contributed by atoms with E-state index in [4.69, 9.17) is 9.15 Å². The number of nitrogens with zero attached hydrogens (tertiary/aromatic N) is 2. The number of halogens is 1. The van der Waals surface area contributed by atoms with Crippen LogP contribution in [-0.4, -0.2) is 60.9 Å². The Morgan fingerprint density at radius 1 is 1.36 bits per heavy atom. The van der Waals surface area contributed by atoms with Gasteiger partial charge in [0.05, 0.1) is 23.5 Å². The molecule has 28 heavy (non-hydrogen) atoms. The maximum atomic E-state index is 12.7. The van der Waals surface area contributed by atoms with Gasteiger partial charge in [0.2, 0.25) is 5.91 Å². The number of benzene rings is 1. The van der Waals surface area contributed by atoms with Crippen molar-refractivity contribution in [1.82, 2.24) is 9.80 Å². The summed E-state index contributed by atoms with van der Waals surface area (Å²) in [4.78, 5) is 40.2. The maximum absolute atomic E-state index is 12.7. The van der Waals surface area contributed by atoms with Crippen molar-refractivity contribution >= 4 is 44.7 Å². The lowest BCUT2D eigenvalue weighted by molar-refractivity contribution is -0.151. The van der Waals surface area contributed by atoms with E-state index < -0.39 is 0 Å². The number of para-hydroxylation sites is 1. The second-order valence-electron chi connectivity index (χ2n) is 6.86. The Hall–Kier alpha value is -2.35. The number of carbonyl (C=O) groups is 3. The molecular formula is C20H23BrN2O5. The molecule has 1 saturated heterocycles. The highest BCUT2D eigenvalue weighted by Gasteiger charge is 2.30. The number of fused-ring (bicyclic) bond motifs is 1. The molecule has 1 atom stereocenters. The molecule has 150 valence electrons. The molecule has 0 spiro atoms. The predicted octanol–water partition coefficient (Wildman–Crippen LogP) is 3.07. The minimum absolute atomic E-state index is 0.0768. The predicted molar refractivity (Wildman–Crippen MR) is 107 cm³/mol. The molecule has 1 aromatic carbocycles. The Labute approximate surface area is 171 Å². The lowest BCUT2D eigenvalue weighted by atomic mass is 9.98. The van der Waals surface area contributed by atoms with Crippen molar-refractivity contribution < 1.29 is 23.5 Å². The van der Waals surface area contributed by atoms with Crippen molar-refractivity contribution in [3.8, 4) is 0 Å². The molecular weight excluding hydrogens is 428 g/mol. The fraction of sp³-hybridized carbons (Fsp3) is 0.450. The molecule has 1 unspecified atom stereocenters. The van der Waals surface area contributed by atoms with Crippen LogP contribution in [0.25, 0.3) is 11.0 Å². The van der Waals surface area contributed by atoms with Crippen LogP contribution in [0.5, 0.6) is 0 Å². The second kappa shape index (κ2) is 8.77. The van der Waals surface area contributed by atoms with Gasteiger partial charge in [0, 0.05) is 25.5 Å². The number of amides is 2. The minimum Gasteiger partial charge on any atom is -0.466 e. The third kappa shape index (κ3) is 4.38. The van der Waals surface area contributed by atoms with Gasteiger partial charge in [0.1, 0.15) is 5.58 Å². The summed E-state index contributed by atoms with van der Waals surface area (Å²) in [5, 5.41) is 0.811. The van der Waals surface area contributed by atoms with E-state index in [0.29, 0.717) is 31.7 Å². The van der Waals surface area contributed by atoms with E-state index in [0.717, 1.165) is 16.3 Å². The van der Waals surface area contributed by atoms with E-state index in [1.165, 1.54) is 4.90 Å². The molecule has 1 aliphatic heterocycles. The largest absolute Gasteiger partial charge is 0.466 e. The molecule has 0 radical (unpaired) electrons. The molecule has 0 saturated carbocycles. The fourth-order valence-corrected chi connectivity index (χ4v) is 3.81. The number of hydrogen-bond donors (Lipinski definition) is 0. The first-order valence-corrected chi connectivity index (χ1v) is 10.1. The van der Waals surface area contributed by atoms with Crippen LogP contribution in [-0.2, 0) is 14.3 Å². The van der Waals surface area contributed by atoms with Crippen LogP contribution in [0.3, 0.4) is 0 Å². The highest BCUT2D eigenvalue weighted by molar-refractivity contribution is 9.10. The Balaban J connectivity index is 1.63. The zero-order valence-electron chi connectivity index (χ0n) is 15.9. The minimum atomic E-state index is -0.365. The van der Waals surface area contributed by atoms with E-state index in [1.54, 1.807) is 24.9 Å². The van der Waals surface area contributed by atoms with Crippen LogP contribution in [0.15, 0.2) is 33.2 Å². The zero-order chi connectivity index (χ0) is 20.3. The average Bonchev–Trinajstić information content (AvgIpc) is 3.13. The van der Waals surface area contributed by atoms with Gasteiger partial charge >= 0.3 is 5.97 Å². The summed E-state index contributed by atoms with van der Waals surface area (Å²) in [6.07, 6.45) is 1.45. The Kier molecular flexibility index (Phi) is 6.39. The summed E-state index contributed by atoms with van der Waals surface area (Å²) in [6, 6.07) is 7.22. The van der Waals surface area contributed by atoms with E-state index in [9.17, 15) is 14.4 Å². The summed E-state index contributed by atoms with van der Waals surface area (Å²) >= 11 is 3.40. The summed E-state index contributed by atoms with van der Waals surface area (Å²) in [6.45, 7) is 2.92. The van der Waals surface area contributed by atoms with Gasteiger partial charge in [-0.3, -0.25) is 14.4 Å². The van der Waals surface area contributed by atoms with Crippen LogP contribution < -0.4 is 0 Å². The topological polar surface area (TPSA) is 80.1 Å². The molecule has 7 nitrogen and oxygen atoms in total. The number of likely N-dealkylation sites (tertiary alicyclic amines) is 1. The normalized spacial score (nSPS) is 16.8. The number of hydrogen-bond acceptors (Lipinski definition) is 5. The Bertz CT molecular complexity index is 894. The van der Waals surface area contributed by atoms with Gasteiger partial charge in [0.15, 0.2) is 5.76 Å². The standard InChI is InChI=1S/C20H23BrN2O5/c1-3-27-20(26)14-7-5-9-23(11-14)17(24)12-22(2)19(25)16-10-13-6-4-8-15(21)18(13)28-16/h4,6,8,10,14H,3,5,7,9,11-12H2,1-2H3. The van der Waals surface area contributed by atoms with Gasteiger partial charge < -0.3 is 19.0 Å². The number of esters is 1. The lowest BCUT2D eigenvalue weighted by Crippen LogP contribution is -2.47. The molecule has 3 rings (SSSR count). The van der Waals surface area contributed by atoms with Crippen molar-refractivity contribution in [2.75, 3.05) is 33.3 Å². The summed E-state index contributed by atoms with van der Waals surface area (Å²) in [5.74, 6) is -0.943. The molecule has 0 bridgehead atoms. The van der Waals surface area contributed by atoms with Crippen molar-refractivity contribution in [1.29, 1.82) is 0 Å². The molecule has 8 heteroatoms. The molecule has 2 aromatic rings. The summed E-state index contributed by atoms with van der Waals surface area (Å²) in [5.41, 5.74) is 0.596. The molecule has 1 aliphatic rings. The molecule has 2 amide bonds. The zero-order valence-corrected chi connectivity index (χ0v) is 17.5. The maximum Gasteiger partial charge on any atom is 0.310 e. The molecule has 1 fully saturated rings. The molecule has 1 aromatic heterocycles. The first-order valence-electron chi connectivity index (χ1n) is 9.28. The smallest absolute Gasteiger partial charge is 0.310 e. The van der Waals surface area contributed by atoms with Crippen LogP contribution in [0, 0.1) is 5.92 Å². The van der Waals surface area contributed by atoms with Crippen molar-refractivity contribution in [3.63, 3.8) is 0 Å². The third-order valence-electron chi connectivity index (χ3n) is 4.82. The average molecular weight is 451 g/mol. The van der Waals surface area contributed by atoms with Crippen LogP contribution in [0.1, 0.15) is 30.3 Å². The van der Waals surface area contributed by atoms with Crippen molar-refractivity contribution in [2.24, 2.45) is 5.92 Å². The van der Waals surface area contributed by atoms with E-state index in [1.807, 2.05) is 18.2 Å². The summed E-state index contributed by atoms with van der Waals surface area (Å²) in [7, 11) is 1.56.